The average Bonchev–Trinajstić information content (AvgIpc) is 1.82. The summed E-state index contributed by atoms with van der Waals surface area (Å²) in [4.78, 5) is 0. The highest BCUT2D eigenvalue weighted by Crippen LogP contribution is 2.17. The van der Waals surface area contributed by atoms with Crippen molar-refractivity contribution < 1.29 is 24.7 Å². The molecule has 0 saturated carbocycles. The minimum Gasteiger partial charge on any atom is -0.508 e. The zero-order chi connectivity index (χ0) is 9.30. The van der Waals surface area contributed by atoms with E-state index in [9.17, 15) is 4.39 Å². The lowest BCUT2D eigenvalue weighted by molar-refractivity contribution is 0.412. The minimum atomic E-state index is -2.09. The van der Waals surface area contributed by atoms with Gasteiger partial charge >= 0.3 is 7.12 Å². The van der Waals surface area contributed by atoms with E-state index in [1.807, 2.05) is 0 Å². The van der Waals surface area contributed by atoms with E-state index in [2.05, 4.69) is 0 Å². The lowest BCUT2D eigenvalue weighted by Gasteiger charge is -2.04. The maximum absolute atomic E-state index is 12.7. The molecule has 4 N–H and O–H groups in total. The zero-order valence-electron chi connectivity index (χ0n) is 5.90. The van der Waals surface area contributed by atoms with Crippen LogP contribution in [0.5, 0.6) is 11.5 Å². The van der Waals surface area contributed by atoms with Crippen molar-refractivity contribution in [1.82, 2.24) is 0 Å². The molecule has 1 rings (SSSR count). The number of hydrogen-bond acceptors (Lipinski definition) is 4. The van der Waals surface area contributed by atoms with Crippen LogP contribution in [-0.4, -0.2) is 27.4 Å². The Morgan fingerprint density at radius 2 is 1.75 bits per heavy atom. The Morgan fingerprint density at radius 3 is 2.17 bits per heavy atom. The molecule has 0 aliphatic rings. The van der Waals surface area contributed by atoms with Crippen molar-refractivity contribution in [2.45, 2.75) is 0 Å². The first-order valence-electron chi connectivity index (χ1n) is 3.10. The van der Waals surface area contributed by atoms with Crippen LogP contribution in [0.4, 0.5) is 4.39 Å². The highest BCUT2D eigenvalue weighted by molar-refractivity contribution is 6.59. The molecule has 0 aliphatic carbocycles. The summed E-state index contributed by atoms with van der Waals surface area (Å²) in [7, 11) is -2.09. The molecular weight excluding hydrogens is 166 g/mol. The molecule has 0 amide bonds. The summed E-state index contributed by atoms with van der Waals surface area (Å²) in [6.07, 6.45) is 0. The van der Waals surface area contributed by atoms with Gasteiger partial charge < -0.3 is 20.3 Å². The second kappa shape index (κ2) is 3.00. The summed E-state index contributed by atoms with van der Waals surface area (Å²) in [6, 6.07) is 1.49. The van der Waals surface area contributed by atoms with Gasteiger partial charge in [0.1, 0.15) is 17.3 Å². The van der Waals surface area contributed by atoms with Crippen LogP contribution in [0, 0.1) is 5.82 Å². The SMILES string of the molecule is OB(O)c1c(O)cc(O)cc1F. The van der Waals surface area contributed by atoms with E-state index in [1.54, 1.807) is 0 Å². The van der Waals surface area contributed by atoms with E-state index in [1.165, 1.54) is 0 Å². The van der Waals surface area contributed by atoms with Crippen LogP contribution in [0.2, 0.25) is 0 Å². The standard InChI is InChI=1S/C6H6BFO4/c8-4-1-3(9)2-5(10)6(4)7(11)12/h1-2,9-12H. The summed E-state index contributed by atoms with van der Waals surface area (Å²) < 4.78 is 12.7. The van der Waals surface area contributed by atoms with Gasteiger partial charge in [-0.25, -0.2) is 4.39 Å². The Kier molecular flexibility index (Phi) is 2.21. The van der Waals surface area contributed by atoms with Crippen LogP contribution in [0.3, 0.4) is 0 Å². The summed E-state index contributed by atoms with van der Waals surface area (Å²) in [5.74, 6) is -2.24. The highest BCUT2D eigenvalue weighted by Gasteiger charge is 2.21. The molecular formula is C6H6BFO4. The molecule has 0 atom stereocenters. The maximum atomic E-state index is 12.7. The number of benzene rings is 1. The second-order valence-electron chi connectivity index (χ2n) is 2.23. The van der Waals surface area contributed by atoms with Gasteiger partial charge in [-0.15, -0.1) is 0 Å². The molecule has 6 heteroatoms. The first-order valence-corrected chi connectivity index (χ1v) is 3.10. The fourth-order valence-corrected chi connectivity index (χ4v) is 0.845. The van der Waals surface area contributed by atoms with Gasteiger partial charge in [0.2, 0.25) is 0 Å². The quantitative estimate of drug-likeness (QED) is 0.406. The van der Waals surface area contributed by atoms with E-state index in [-0.39, 0.29) is 0 Å². The number of phenols is 2. The normalized spacial score (nSPS) is 9.92. The van der Waals surface area contributed by atoms with E-state index in [0.29, 0.717) is 6.07 Å². The smallest absolute Gasteiger partial charge is 0.495 e. The summed E-state index contributed by atoms with van der Waals surface area (Å²) in [5.41, 5.74) is -0.646. The molecule has 0 radical (unpaired) electrons. The Hall–Kier alpha value is -1.27. The van der Waals surface area contributed by atoms with Crippen molar-refractivity contribution in [3.63, 3.8) is 0 Å². The van der Waals surface area contributed by atoms with Gasteiger partial charge in [-0.3, -0.25) is 0 Å². The van der Waals surface area contributed by atoms with Crippen molar-refractivity contribution >= 4 is 12.6 Å². The molecule has 4 nitrogen and oxygen atoms in total. The first kappa shape index (κ1) is 8.83. The average molecular weight is 172 g/mol. The lowest BCUT2D eigenvalue weighted by Crippen LogP contribution is -2.32. The van der Waals surface area contributed by atoms with Crippen LogP contribution < -0.4 is 5.46 Å². The Balaban J connectivity index is 3.28. The fraction of sp³-hybridized carbons (Fsp3) is 0. The molecule has 64 valence electrons. The summed E-state index contributed by atoms with van der Waals surface area (Å²) in [6.45, 7) is 0. The molecule has 0 unspecified atom stereocenters. The van der Waals surface area contributed by atoms with Gasteiger partial charge in [-0.2, -0.15) is 0 Å². The largest absolute Gasteiger partial charge is 0.508 e. The van der Waals surface area contributed by atoms with E-state index < -0.39 is 29.9 Å². The third kappa shape index (κ3) is 1.49. The molecule has 0 heterocycles. The summed E-state index contributed by atoms with van der Waals surface area (Å²) in [5, 5.41) is 34.8. The van der Waals surface area contributed by atoms with Crippen LogP contribution in [0.15, 0.2) is 12.1 Å². The topological polar surface area (TPSA) is 80.9 Å². The van der Waals surface area contributed by atoms with E-state index in [0.717, 1.165) is 6.07 Å². The monoisotopic (exact) mass is 172 g/mol. The Bertz CT molecular complexity index is 279. The Labute approximate surface area is 67.7 Å². The van der Waals surface area contributed by atoms with E-state index >= 15 is 0 Å². The predicted octanol–water partition coefficient (Wildman–Crippen LogP) is -1.08. The molecule has 0 aliphatic heterocycles. The first-order chi connectivity index (χ1) is 5.52. The second-order valence-corrected chi connectivity index (χ2v) is 2.23. The molecule has 0 bridgehead atoms. The molecule has 0 fully saturated rings. The van der Waals surface area contributed by atoms with Crippen molar-refractivity contribution in [2.75, 3.05) is 0 Å². The molecule has 0 spiro atoms. The van der Waals surface area contributed by atoms with Gasteiger partial charge in [0.05, 0.1) is 5.46 Å². The number of aromatic hydroxyl groups is 2. The lowest BCUT2D eigenvalue weighted by atomic mass is 9.79. The third-order valence-electron chi connectivity index (χ3n) is 1.35. The molecule has 0 aromatic heterocycles. The van der Waals surface area contributed by atoms with Gasteiger partial charge in [-0.05, 0) is 0 Å². The molecule has 0 saturated heterocycles. The molecule has 1 aromatic rings. The Morgan fingerprint density at radius 1 is 1.17 bits per heavy atom. The van der Waals surface area contributed by atoms with Crippen molar-refractivity contribution in [1.29, 1.82) is 0 Å². The number of hydrogen-bond donors (Lipinski definition) is 4. The van der Waals surface area contributed by atoms with Gasteiger partial charge in [-0.1, -0.05) is 0 Å². The van der Waals surface area contributed by atoms with Crippen molar-refractivity contribution in [3.05, 3.63) is 17.9 Å². The van der Waals surface area contributed by atoms with Crippen LogP contribution in [0.25, 0.3) is 0 Å². The van der Waals surface area contributed by atoms with Gasteiger partial charge in [0.15, 0.2) is 0 Å². The zero-order valence-corrected chi connectivity index (χ0v) is 5.90. The molecule has 12 heavy (non-hydrogen) atoms. The number of rotatable bonds is 1. The van der Waals surface area contributed by atoms with Crippen molar-refractivity contribution in [3.8, 4) is 11.5 Å². The third-order valence-corrected chi connectivity index (χ3v) is 1.35. The maximum Gasteiger partial charge on any atom is 0.495 e. The molecule has 1 aromatic carbocycles. The predicted molar refractivity (Wildman–Crippen MR) is 39.6 cm³/mol. The minimum absolute atomic E-state index is 0.477. The van der Waals surface area contributed by atoms with Gasteiger partial charge in [0.25, 0.3) is 0 Å². The summed E-state index contributed by atoms with van der Waals surface area (Å²) >= 11 is 0. The number of phenolic OH excluding ortho intramolecular Hbond substituents is 2. The van der Waals surface area contributed by atoms with Crippen LogP contribution in [-0.2, 0) is 0 Å². The van der Waals surface area contributed by atoms with Crippen LogP contribution >= 0.6 is 0 Å². The van der Waals surface area contributed by atoms with Crippen LogP contribution in [0.1, 0.15) is 0 Å². The van der Waals surface area contributed by atoms with Gasteiger partial charge in [0, 0.05) is 12.1 Å². The van der Waals surface area contributed by atoms with E-state index in [4.69, 9.17) is 20.3 Å². The highest BCUT2D eigenvalue weighted by atomic mass is 19.1. The fourth-order valence-electron chi connectivity index (χ4n) is 0.845. The van der Waals surface area contributed by atoms with Crippen molar-refractivity contribution in [2.24, 2.45) is 0 Å². The number of halogens is 1.